The fourth-order valence-electron chi connectivity index (χ4n) is 2.97. The van der Waals surface area contributed by atoms with E-state index in [9.17, 15) is 9.59 Å². The largest absolute Gasteiger partial charge is 0.479 e. The van der Waals surface area contributed by atoms with Gasteiger partial charge in [0.1, 0.15) is 0 Å². The quantitative estimate of drug-likeness (QED) is 0.912. The topological polar surface area (TPSA) is 77.1 Å². The minimum atomic E-state index is -0.126. The highest BCUT2D eigenvalue weighted by molar-refractivity contribution is 6.01. The van der Waals surface area contributed by atoms with Crippen LogP contribution < -0.4 is 24.4 Å². The van der Waals surface area contributed by atoms with Crippen LogP contribution in [0.15, 0.2) is 36.4 Å². The zero-order valence-corrected chi connectivity index (χ0v) is 14.3. The summed E-state index contributed by atoms with van der Waals surface area (Å²) in [6, 6.07) is 11.0. The Morgan fingerprint density at radius 1 is 1.15 bits per heavy atom. The predicted octanol–water partition coefficient (Wildman–Crippen LogP) is 2.34. The van der Waals surface area contributed by atoms with Gasteiger partial charge >= 0.3 is 0 Å². The Bertz CT molecular complexity index is 880. The Kier molecular flexibility index (Phi) is 4.12. The van der Waals surface area contributed by atoms with Crippen LogP contribution in [0.3, 0.4) is 0 Å². The molecule has 0 saturated carbocycles. The van der Waals surface area contributed by atoms with Crippen molar-refractivity contribution in [3.63, 3.8) is 0 Å². The van der Waals surface area contributed by atoms with Crippen molar-refractivity contribution in [2.45, 2.75) is 12.8 Å². The monoisotopic (exact) mass is 354 g/mol. The van der Waals surface area contributed by atoms with E-state index in [-0.39, 0.29) is 25.2 Å². The lowest BCUT2D eigenvalue weighted by molar-refractivity contribution is -0.121. The van der Waals surface area contributed by atoms with E-state index in [2.05, 4.69) is 5.32 Å². The number of para-hydroxylation sites is 1. The van der Waals surface area contributed by atoms with Crippen molar-refractivity contribution in [2.75, 3.05) is 30.7 Å². The summed E-state index contributed by atoms with van der Waals surface area (Å²) in [6.07, 6.45) is 0.898. The molecule has 0 bridgehead atoms. The minimum absolute atomic E-state index is 0.0341. The first-order chi connectivity index (χ1) is 12.6. The van der Waals surface area contributed by atoms with Gasteiger partial charge in [-0.3, -0.25) is 9.59 Å². The number of ether oxygens (including phenoxy) is 3. The van der Waals surface area contributed by atoms with E-state index in [0.717, 1.165) is 11.3 Å². The van der Waals surface area contributed by atoms with Crippen molar-refractivity contribution < 1.29 is 23.8 Å². The van der Waals surface area contributed by atoms with E-state index in [4.69, 9.17) is 14.2 Å². The maximum Gasteiger partial charge on any atom is 0.264 e. The molecule has 7 nitrogen and oxygen atoms in total. The average Bonchev–Trinajstić information content (AvgIpc) is 3.11. The molecule has 0 atom stereocenters. The molecule has 0 aromatic heterocycles. The van der Waals surface area contributed by atoms with Crippen LogP contribution in [-0.4, -0.2) is 32.3 Å². The van der Waals surface area contributed by atoms with Crippen molar-refractivity contribution in [3.8, 4) is 17.2 Å². The van der Waals surface area contributed by atoms with Crippen LogP contribution in [0.25, 0.3) is 0 Å². The summed E-state index contributed by atoms with van der Waals surface area (Å²) in [5.74, 6) is 1.71. The van der Waals surface area contributed by atoms with Crippen molar-refractivity contribution in [1.82, 2.24) is 0 Å². The van der Waals surface area contributed by atoms with Crippen LogP contribution in [0.1, 0.15) is 12.0 Å². The number of carbonyl (C=O) groups is 2. The summed E-state index contributed by atoms with van der Waals surface area (Å²) in [6.45, 7) is 0.197. The second-order valence-electron chi connectivity index (χ2n) is 6.13. The number of nitrogens with one attached hydrogen (secondary N) is 1. The highest BCUT2D eigenvalue weighted by Gasteiger charge is 2.25. The van der Waals surface area contributed by atoms with E-state index >= 15 is 0 Å². The molecule has 4 rings (SSSR count). The van der Waals surface area contributed by atoms with Crippen LogP contribution in [0.2, 0.25) is 0 Å². The highest BCUT2D eigenvalue weighted by atomic mass is 16.7. The summed E-state index contributed by atoms with van der Waals surface area (Å²) >= 11 is 0. The zero-order valence-electron chi connectivity index (χ0n) is 14.3. The van der Waals surface area contributed by atoms with Crippen molar-refractivity contribution in [3.05, 3.63) is 42.0 Å². The molecule has 0 unspecified atom stereocenters. The summed E-state index contributed by atoms with van der Waals surface area (Å²) in [4.78, 5) is 25.6. The summed E-state index contributed by atoms with van der Waals surface area (Å²) in [5, 5.41) is 2.87. The Morgan fingerprint density at radius 2 is 2.00 bits per heavy atom. The number of amides is 2. The lowest BCUT2D eigenvalue weighted by Crippen LogP contribution is -2.35. The van der Waals surface area contributed by atoms with E-state index in [0.29, 0.717) is 35.7 Å². The van der Waals surface area contributed by atoms with Crippen molar-refractivity contribution in [2.24, 2.45) is 0 Å². The molecule has 2 aliphatic heterocycles. The second-order valence-corrected chi connectivity index (χ2v) is 6.13. The van der Waals surface area contributed by atoms with E-state index in [1.54, 1.807) is 25.2 Å². The number of carbonyl (C=O) groups excluding carboxylic acids is 2. The van der Waals surface area contributed by atoms with Gasteiger partial charge in [0.25, 0.3) is 5.91 Å². The van der Waals surface area contributed by atoms with Gasteiger partial charge < -0.3 is 24.4 Å². The van der Waals surface area contributed by atoms with Gasteiger partial charge in [-0.1, -0.05) is 12.1 Å². The Labute approximate surface area is 150 Å². The van der Waals surface area contributed by atoms with Gasteiger partial charge in [-0.05, 0) is 36.2 Å². The van der Waals surface area contributed by atoms with E-state index in [1.165, 1.54) is 4.90 Å². The van der Waals surface area contributed by atoms with E-state index in [1.807, 2.05) is 18.2 Å². The molecule has 2 aliphatic rings. The lowest BCUT2D eigenvalue weighted by atomic mass is 10.1. The second kappa shape index (κ2) is 6.59. The molecule has 0 aliphatic carbocycles. The molecule has 1 N–H and O–H groups in total. The number of fused-ring (bicyclic) bond motifs is 2. The fourth-order valence-corrected chi connectivity index (χ4v) is 2.97. The number of hydrogen-bond acceptors (Lipinski definition) is 5. The normalized spacial score (nSPS) is 14.7. The molecule has 0 spiro atoms. The number of anilines is 2. The molecule has 2 amide bonds. The van der Waals surface area contributed by atoms with Crippen molar-refractivity contribution in [1.29, 1.82) is 0 Å². The Balaban J connectivity index is 1.42. The lowest BCUT2D eigenvalue weighted by Gasteiger charge is -2.27. The molecule has 7 heteroatoms. The van der Waals surface area contributed by atoms with Crippen LogP contribution in [0, 0.1) is 0 Å². The first-order valence-electron chi connectivity index (χ1n) is 8.32. The molecular weight excluding hydrogens is 336 g/mol. The smallest absolute Gasteiger partial charge is 0.264 e. The van der Waals surface area contributed by atoms with Gasteiger partial charge in [-0.25, -0.2) is 0 Å². The van der Waals surface area contributed by atoms with E-state index < -0.39 is 0 Å². The molecule has 2 heterocycles. The standard InChI is InChI=1S/C19H18N2O5/c1-21-14-4-2-3-13(19(14)24-10-18(21)23)20-17(22)8-6-12-5-7-15-16(9-12)26-11-25-15/h2-5,7,9H,6,8,10-11H2,1H3,(H,20,22). The Hall–Kier alpha value is -3.22. The molecular formula is C19H18N2O5. The molecule has 2 aromatic rings. The summed E-state index contributed by atoms with van der Waals surface area (Å²) < 4.78 is 16.1. The third-order valence-corrected chi connectivity index (χ3v) is 4.42. The van der Waals surface area contributed by atoms with Crippen LogP contribution in [-0.2, 0) is 16.0 Å². The first kappa shape index (κ1) is 16.3. The number of rotatable bonds is 4. The highest BCUT2D eigenvalue weighted by Crippen LogP contribution is 2.38. The number of nitrogens with zero attached hydrogens (tertiary/aromatic N) is 1. The molecule has 134 valence electrons. The maximum absolute atomic E-state index is 12.3. The summed E-state index contributed by atoms with van der Waals surface area (Å²) in [7, 11) is 1.69. The molecule has 26 heavy (non-hydrogen) atoms. The molecule has 0 fully saturated rings. The molecule has 2 aromatic carbocycles. The van der Waals surface area contributed by atoms with Gasteiger partial charge in [0.05, 0.1) is 11.4 Å². The minimum Gasteiger partial charge on any atom is -0.479 e. The molecule has 0 saturated heterocycles. The first-order valence-corrected chi connectivity index (χ1v) is 8.32. The summed E-state index contributed by atoms with van der Waals surface area (Å²) in [5.41, 5.74) is 2.22. The Morgan fingerprint density at radius 3 is 2.88 bits per heavy atom. The van der Waals surface area contributed by atoms with Crippen LogP contribution >= 0.6 is 0 Å². The fraction of sp³-hybridized carbons (Fsp3) is 0.263. The number of hydrogen-bond donors (Lipinski definition) is 1. The van der Waals surface area contributed by atoms with Crippen LogP contribution in [0.4, 0.5) is 11.4 Å². The third kappa shape index (κ3) is 3.03. The third-order valence-electron chi connectivity index (χ3n) is 4.42. The zero-order chi connectivity index (χ0) is 18.1. The average molecular weight is 354 g/mol. The van der Waals surface area contributed by atoms with Gasteiger partial charge in [-0.2, -0.15) is 0 Å². The predicted molar refractivity (Wildman–Crippen MR) is 94.9 cm³/mol. The van der Waals surface area contributed by atoms with Crippen molar-refractivity contribution >= 4 is 23.2 Å². The number of aryl methyl sites for hydroxylation is 1. The van der Waals surface area contributed by atoms with Gasteiger partial charge in [0.2, 0.25) is 12.7 Å². The number of likely N-dealkylation sites (N-methyl/N-ethyl adjacent to an activating group) is 1. The van der Waals surface area contributed by atoms with Gasteiger partial charge in [0.15, 0.2) is 23.9 Å². The SMILES string of the molecule is CN1C(=O)COc2c(NC(=O)CCc3ccc4c(c3)OCO4)cccc21. The maximum atomic E-state index is 12.3. The van der Waals surface area contributed by atoms with Crippen LogP contribution in [0.5, 0.6) is 17.2 Å². The molecule has 0 radical (unpaired) electrons. The number of benzene rings is 2. The van der Waals surface area contributed by atoms with Gasteiger partial charge in [-0.15, -0.1) is 0 Å². The van der Waals surface area contributed by atoms with Gasteiger partial charge in [0, 0.05) is 13.5 Å².